The number of aromatic amines is 1. The zero-order valence-corrected chi connectivity index (χ0v) is 11.0. The van der Waals surface area contributed by atoms with Gasteiger partial charge in [-0.25, -0.2) is 0 Å². The van der Waals surface area contributed by atoms with Crippen molar-refractivity contribution < 1.29 is 14.3 Å². The molecule has 0 saturated carbocycles. The summed E-state index contributed by atoms with van der Waals surface area (Å²) in [6.45, 7) is 0. The van der Waals surface area contributed by atoms with Crippen molar-refractivity contribution in [3.8, 4) is 11.5 Å². The van der Waals surface area contributed by atoms with Crippen molar-refractivity contribution in [2.45, 2.75) is 0 Å². The Balaban J connectivity index is 2.31. The Kier molecular flexibility index (Phi) is 3.86. The Morgan fingerprint density at radius 1 is 1.32 bits per heavy atom. The summed E-state index contributed by atoms with van der Waals surface area (Å²) in [7, 11) is 2.96. The largest absolute Gasteiger partial charge is 0.495 e. The van der Waals surface area contributed by atoms with Crippen LogP contribution >= 0.6 is 11.6 Å². The van der Waals surface area contributed by atoms with Crippen LogP contribution in [0.4, 0.5) is 5.69 Å². The molecule has 0 fully saturated rings. The van der Waals surface area contributed by atoms with Gasteiger partial charge in [-0.3, -0.25) is 4.79 Å². The molecule has 0 radical (unpaired) electrons. The number of carbonyl (C=O) groups excluding carboxylic acids is 1. The quantitative estimate of drug-likeness (QED) is 0.891. The summed E-state index contributed by atoms with van der Waals surface area (Å²) in [6.07, 6.45) is 1.31. The molecule has 19 heavy (non-hydrogen) atoms. The fourth-order valence-electron chi connectivity index (χ4n) is 1.46. The van der Waals surface area contributed by atoms with Crippen molar-refractivity contribution in [3.05, 3.63) is 29.0 Å². The van der Waals surface area contributed by atoms with E-state index in [0.717, 1.165) is 0 Å². The van der Waals surface area contributed by atoms with Crippen molar-refractivity contribution in [3.63, 3.8) is 0 Å². The number of ether oxygens (including phenoxy) is 2. The number of aromatic nitrogens is 3. The van der Waals surface area contributed by atoms with Crippen molar-refractivity contribution in [1.29, 1.82) is 0 Å². The van der Waals surface area contributed by atoms with Gasteiger partial charge in [-0.1, -0.05) is 11.6 Å². The minimum atomic E-state index is -0.420. The van der Waals surface area contributed by atoms with Crippen LogP contribution in [-0.4, -0.2) is 35.5 Å². The molecule has 2 rings (SSSR count). The average Bonchev–Trinajstić information content (AvgIpc) is 2.94. The Bertz CT molecular complexity index is 586. The number of nitrogens with zero attached hydrogens (tertiary/aromatic N) is 2. The van der Waals surface area contributed by atoms with Gasteiger partial charge in [0.15, 0.2) is 5.69 Å². The first-order valence-electron chi connectivity index (χ1n) is 5.24. The number of H-pyrrole nitrogens is 1. The fraction of sp³-hybridized carbons (Fsp3) is 0.182. The molecule has 1 aromatic heterocycles. The van der Waals surface area contributed by atoms with Crippen LogP contribution < -0.4 is 14.8 Å². The van der Waals surface area contributed by atoms with Crippen LogP contribution in [0.1, 0.15) is 10.5 Å². The lowest BCUT2D eigenvalue weighted by molar-refractivity contribution is 0.102. The number of benzene rings is 1. The molecular weight excluding hydrogens is 272 g/mol. The SMILES string of the molecule is COc1cc(NC(=O)c2cn[nH]n2)c(OC)cc1Cl. The van der Waals surface area contributed by atoms with Crippen molar-refractivity contribution in [2.75, 3.05) is 19.5 Å². The lowest BCUT2D eigenvalue weighted by atomic mass is 10.2. The third-order valence-corrected chi connectivity index (χ3v) is 2.67. The lowest BCUT2D eigenvalue weighted by Gasteiger charge is -2.12. The molecule has 0 spiro atoms. The number of hydrogen-bond donors (Lipinski definition) is 2. The van der Waals surface area contributed by atoms with Crippen LogP contribution in [0, 0.1) is 0 Å². The van der Waals surface area contributed by atoms with Gasteiger partial charge >= 0.3 is 0 Å². The van der Waals surface area contributed by atoms with E-state index < -0.39 is 5.91 Å². The summed E-state index contributed by atoms with van der Waals surface area (Å²) < 4.78 is 10.2. The second kappa shape index (κ2) is 5.57. The first-order valence-corrected chi connectivity index (χ1v) is 5.62. The molecule has 100 valence electrons. The first kappa shape index (κ1) is 13.2. The summed E-state index contributed by atoms with van der Waals surface area (Å²) >= 11 is 5.97. The molecule has 2 N–H and O–H groups in total. The van der Waals surface area contributed by atoms with Crippen LogP contribution in [-0.2, 0) is 0 Å². The van der Waals surface area contributed by atoms with Crippen LogP contribution in [0.3, 0.4) is 0 Å². The molecule has 1 heterocycles. The first-order chi connectivity index (χ1) is 9.15. The van der Waals surface area contributed by atoms with E-state index in [0.29, 0.717) is 22.2 Å². The molecule has 0 aliphatic rings. The second-order valence-corrected chi connectivity index (χ2v) is 3.90. The standard InChI is InChI=1S/C11H11ClN4O3/c1-18-9-4-7(10(19-2)3-6(9)12)14-11(17)8-5-13-16-15-8/h3-5H,1-2H3,(H,14,17)(H,13,15,16). The summed E-state index contributed by atoms with van der Waals surface area (Å²) in [4.78, 5) is 11.9. The van der Waals surface area contributed by atoms with E-state index in [1.54, 1.807) is 12.1 Å². The molecule has 0 unspecified atom stereocenters. The highest BCUT2D eigenvalue weighted by Crippen LogP contribution is 2.35. The maximum Gasteiger partial charge on any atom is 0.277 e. The number of hydrogen-bond acceptors (Lipinski definition) is 5. The fourth-order valence-corrected chi connectivity index (χ4v) is 1.69. The van der Waals surface area contributed by atoms with E-state index in [4.69, 9.17) is 21.1 Å². The van der Waals surface area contributed by atoms with Crippen molar-refractivity contribution >= 4 is 23.2 Å². The van der Waals surface area contributed by atoms with E-state index in [1.165, 1.54) is 20.4 Å². The van der Waals surface area contributed by atoms with Gasteiger partial charge in [0, 0.05) is 12.1 Å². The Morgan fingerprint density at radius 2 is 2.05 bits per heavy atom. The molecule has 1 amide bonds. The number of amides is 1. The molecule has 1 aromatic carbocycles. The van der Waals surface area contributed by atoms with Crippen LogP contribution in [0.25, 0.3) is 0 Å². The van der Waals surface area contributed by atoms with Gasteiger partial charge in [0.1, 0.15) is 11.5 Å². The zero-order valence-electron chi connectivity index (χ0n) is 10.2. The summed E-state index contributed by atoms with van der Waals surface area (Å²) in [5, 5.41) is 12.6. The van der Waals surface area contributed by atoms with Gasteiger partial charge in [0.25, 0.3) is 5.91 Å². The number of halogens is 1. The van der Waals surface area contributed by atoms with E-state index in [2.05, 4.69) is 20.7 Å². The normalized spacial score (nSPS) is 10.1. The molecule has 0 aliphatic heterocycles. The third kappa shape index (κ3) is 2.76. The number of carbonyl (C=O) groups is 1. The monoisotopic (exact) mass is 282 g/mol. The highest BCUT2D eigenvalue weighted by Gasteiger charge is 2.15. The number of anilines is 1. The maximum absolute atomic E-state index is 11.9. The van der Waals surface area contributed by atoms with Crippen LogP contribution in [0.2, 0.25) is 5.02 Å². The third-order valence-electron chi connectivity index (χ3n) is 2.37. The number of nitrogens with one attached hydrogen (secondary N) is 2. The summed E-state index contributed by atoms with van der Waals surface area (Å²) in [5.74, 6) is 0.428. The predicted molar refractivity (Wildman–Crippen MR) is 68.9 cm³/mol. The number of methoxy groups -OCH3 is 2. The summed E-state index contributed by atoms with van der Waals surface area (Å²) in [6, 6.07) is 3.12. The average molecular weight is 283 g/mol. The maximum atomic E-state index is 11.9. The van der Waals surface area contributed by atoms with E-state index >= 15 is 0 Å². The molecule has 8 heteroatoms. The topological polar surface area (TPSA) is 89.1 Å². The van der Waals surface area contributed by atoms with E-state index in [9.17, 15) is 4.79 Å². The van der Waals surface area contributed by atoms with Gasteiger partial charge in [0.2, 0.25) is 0 Å². The Labute approximate surface area is 113 Å². The predicted octanol–water partition coefficient (Wildman–Crippen LogP) is 1.73. The highest BCUT2D eigenvalue weighted by molar-refractivity contribution is 6.32. The molecule has 2 aromatic rings. The molecule has 0 aliphatic carbocycles. The number of rotatable bonds is 4. The van der Waals surface area contributed by atoms with E-state index in [1.807, 2.05) is 0 Å². The van der Waals surface area contributed by atoms with Gasteiger partial charge in [-0.15, -0.1) is 0 Å². The second-order valence-electron chi connectivity index (χ2n) is 3.50. The summed E-state index contributed by atoms with van der Waals surface area (Å²) in [5.41, 5.74) is 0.590. The minimum absolute atomic E-state index is 0.163. The van der Waals surface area contributed by atoms with Gasteiger partial charge in [-0.2, -0.15) is 15.4 Å². The minimum Gasteiger partial charge on any atom is -0.495 e. The smallest absolute Gasteiger partial charge is 0.277 e. The lowest BCUT2D eigenvalue weighted by Crippen LogP contribution is -2.13. The molecule has 0 bridgehead atoms. The highest BCUT2D eigenvalue weighted by atomic mass is 35.5. The Hall–Kier alpha value is -2.28. The van der Waals surface area contributed by atoms with Crippen molar-refractivity contribution in [1.82, 2.24) is 15.4 Å². The van der Waals surface area contributed by atoms with Gasteiger partial charge < -0.3 is 14.8 Å². The van der Waals surface area contributed by atoms with Crippen molar-refractivity contribution in [2.24, 2.45) is 0 Å². The molecule has 7 nitrogen and oxygen atoms in total. The molecule has 0 saturated heterocycles. The molecular formula is C11H11ClN4O3. The van der Waals surface area contributed by atoms with Crippen LogP contribution in [0.15, 0.2) is 18.3 Å². The van der Waals surface area contributed by atoms with Gasteiger partial charge in [-0.05, 0) is 0 Å². The molecule has 0 atom stereocenters. The van der Waals surface area contributed by atoms with E-state index in [-0.39, 0.29) is 5.69 Å². The zero-order chi connectivity index (χ0) is 13.8. The Morgan fingerprint density at radius 3 is 2.63 bits per heavy atom. The van der Waals surface area contributed by atoms with Crippen LogP contribution in [0.5, 0.6) is 11.5 Å². The van der Waals surface area contributed by atoms with Gasteiger partial charge in [0.05, 0.1) is 31.1 Å².